The van der Waals surface area contributed by atoms with E-state index in [4.69, 9.17) is 9.73 Å². The van der Waals surface area contributed by atoms with Crippen LogP contribution in [0.5, 0.6) is 0 Å². The van der Waals surface area contributed by atoms with Crippen LogP contribution in [0.25, 0.3) is 0 Å². The van der Waals surface area contributed by atoms with Crippen LogP contribution < -0.4 is 10.6 Å². The zero-order valence-electron chi connectivity index (χ0n) is 18.7. The summed E-state index contributed by atoms with van der Waals surface area (Å²) in [5.41, 5.74) is 0.165. The highest BCUT2D eigenvalue weighted by atomic mass is 16.5. The van der Waals surface area contributed by atoms with E-state index in [2.05, 4.69) is 32.3 Å². The minimum atomic E-state index is 0.165. The third-order valence-electron chi connectivity index (χ3n) is 7.04. The van der Waals surface area contributed by atoms with Gasteiger partial charge in [0, 0.05) is 57.5 Å². The van der Waals surface area contributed by atoms with Crippen LogP contribution >= 0.6 is 0 Å². The van der Waals surface area contributed by atoms with Crippen molar-refractivity contribution < 1.29 is 9.53 Å². The van der Waals surface area contributed by atoms with E-state index in [1.807, 2.05) is 0 Å². The lowest BCUT2D eigenvalue weighted by atomic mass is 9.88. The normalized spacial score (nSPS) is 26.0. The Kier molecular flexibility index (Phi) is 7.49. The van der Waals surface area contributed by atoms with Gasteiger partial charge in [0.25, 0.3) is 0 Å². The van der Waals surface area contributed by atoms with Crippen LogP contribution in [0.1, 0.15) is 45.4 Å². The van der Waals surface area contributed by atoms with Gasteiger partial charge in [-0.25, -0.2) is 0 Å². The van der Waals surface area contributed by atoms with Gasteiger partial charge < -0.3 is 20.3 Å². The molecule has 0 radical (unpaired) electrons. The summed E-state index contributed by atoms with van der Waals surface area (Å²) in [5.74, 6) is 1.21. The van der Waals surface area contributed by atoms with Gasteiger partial charge >= 0.3 is 0 Å². The van der Waals surface area contributed by atoms with Crippen LogP contribution in [0, 0.1) is 0 Å². The summed E-state index contributed by atoms with van der Waals surface area (Å²) in [6.07, 6.45) is 7.07. The van der Waals surface area contributed by atoms with Crippen molar-refractivity contribution in [3.05, 3.63) is 0 Å². The third-order valence-corrected chi connectivity index (χ3v) is 7.04. The van der Waals surface area contributed by atoms with E-state index in [-0.39, 0.29) is 11.4 Å². The van der Waals surface area contributed by atoms with Crippen LogP contribution in [0.4, 0.5) is 0 Å². The number of carbonyl (C=O) groups is 1. The number of amides is 1. The Bertz CT molecular complexity index is 588. The molecule has 2 N–H and O–H groups in total. The first kappa shape index (κ1) is 21.8. The third kappa shape index (κ3) is 5.65. The zero-order valence-corrected chi connectivity index (χ0v) is 18.7. The standard InChI is InChI=1S/C22H40N6O2/c1-2-23-21(24-18-22(7-15-30-16-8-22)28-9-3-4-10-28)27-13-11-26(12-14-27)17-20(29)25-19-5-6-19/h19H,2-18H2,1H3,(H,23,24)(H,25,29). The van der Waals surface area contributed by atoms with Crippen molar-refractivity contribution in [2.24, 2.45) is 4.99 Å². The predicted octanol–water partition coefficient (Wildman–Crippen LogP) is 0.493. The molecule has 0 aromatic carbocycles. The molecule has 4 rings (SSSR count). The van der Waals surface area contributed by atoms with Crippen LogP contribution in [0.2, 0.25) is 0 Å². The van der Waals surface area contributed by atoms with Crippen LogP contribution in [0.15, 0.2) is 4.99 Å². The highest BCUT2D eigenvalue weighted by molar-refractivity contribution is 5.80. The molecule has 3 aliphatic heterocycles. The summed E-state index contributed by atoms with van der Waals surface area (Å²) in [4.78, 5) is 24.6. The number of nitrogens with one attached hydrogen (secondary N) is 2. The lowest BCUT2D eigenvalue weighted by molar-refractivity contribution is -0.122. The average Bonchev–Trinajstić information content (AvgIpc) is 3.39. The molecular formula is C22H40N6O2. The van der Waals surface area contributed by atoms with Gasteiger partial charge in [0.15, 0.2) is 5.96 Å². The van der Waals surface area contributed by atoms with E-state index in [0.29, 0.717) is 12.6 Å². The first-order chi connectivity index (χ1) is 14.7. The number of nitrogens with zero attached hydrogens (tertiary/aromatic N) is 4. The second-order valence-corrected chi connectivity index (χ2v) is 9.31. The van der Waals surface area contributed by atoms with E-state index in [1.165, 1.54) is 25.9 Å². The van der Waals surface area contributed by atoms with Gasteiger partial charge in [-0.3, -0.25) is 19.6 Å². The Morgan fingerprint density at radius 3 is 2.40 bits per heavy atom. The highest BCUT2D eigenvalue weighted by Gasteiger charge is 2.39. The van der Waals surface area contributed by atoms with Gasteiger partial charge in [-0.15, -0.1) is 0 Å². The van der Waals surface area contributed by atoms with Gasteiger partial charge in [0.1, 0.15) is 0 Å². The molecule has 0 spiro atoms. The molecule has 30 heavy (non-hydrogen) atoms. The first-order valence-corrected chi connectivity index (χ1v) is 12.1. The Morgan fingerprint density at radius 1 is 1.07 bits per heavy atom. The topological polar surface area (TPSA) is 72.4 Å². The summed E-state index contributed by atoms with van der Waals surface area (Å²) in [6, 6.07) is 0.444. The summed E-state index contributed by atoms with van der Waals surface area (Å²) >= 11 is 0. The summed E-state index contributed by atoms with van der Waals surface area (Å²) in [5, 5.41) is 6.62. The molecule has 4 aliphatic rings. The quantitative estimate of drug-likeness (QED) is 0.462. The number of hydrogen-bond donors (Lipinski definition) is 2. The number of carbonyl (C=O) groups excluding carboxylic acids is 1. The van der Waals surface area contributed by atoms with Crippen LogP contribution in [-0.2, 0) is 9.53 Å². The van der Waals surface area contributed by atoms with E-state index < -0.39 is 0 Å². The van der Waals surface area contributed by atoms with Crippen molar-refractivity contribution in [1.29, 1.82) is 0 Å². The SMILES string of the molecule is CCNC(=NCC1(N2CCCC2)CCOCC1)N1CCN(CC(=O)NC2CC2)CC1. The predicted molar refractivity (Wildman–Crippen MR) is 119 cm³/mol. The molecule has 170 valence electrons. The lowest BCUT2D eigenvalue weighted by Gasteiger charge is -2.44. The molecule has 3 heterocycles. The number of rotatable bonds is 7. The van der Waals surface area contributed by atoms with Crippen LogP contribution in [-0.4, -0.2) is 110 Å². The first-order valence-electron chi connectivity index (χ1n) is 12.1. The van der Waals surface area contributed by atoms with Crippen molar-refractivity contribution in [2.75, 3.05) is 72.1 Å². The molecule has 0 aromatic rings. The number of hydrogen-bond acceptors (Lipinski definition) is 5. The number of piperazine rings is 1. The van der Waals surface area contributed by atoms with Crippen LogP contribution in [0.3, 0.4) is 0 Å². The largest absolute Gasteiger partial charge is 0.381 e. The maximum absolute atomic E-state index is 12.1. The summed E-state index contributed by atoms with van der Waals surface area (Å²) in [7, 11) is 0. The summed E-state index contributed by atoms with van der Waals surface area (Å²) < 4.78 is 5.69. The number of ether oxygens (including phenoxy) is 1. The van der Waals surface area contributed by atoms with Crippen molar-refractivity contribution in [3.8, 4) is 0 Å². The Morgan fingerprint density at radius 2 is 1.77 bits per heavy atom. The van der Waals surface area contributed by atoms with Gasteiger partial charge in [-0.2, -0.15) is 0 Å². The van der Waals surface area contributed by atoms with Gasteiger partial charge in [-0.1, -0.05) is 0 Å². The fraction of sp³-hybridized carbons (Fsp3) is 0.909. The lowest BCUT2D eigenvalue weighted by Crippen LogP contribution is -2.56. The average molecular weight is 421 g/mol. The molecule has 0 bridgehead atoms. The molecule has 0 aromatic heterocycles. The number of guanidine groups is 1. The molecule has 0 atom stereocenters. The molecule has 4 fully saturated rings. The van der Waals surface area contributed by atoms with E-state index in [9.17, 15) is 4.79 Å². The number of likely N-dealkylation sites (tertiary alicyclic amines) is 1. The second kappa shape index (κ2) is 10.3. The molecule has 1 saturated carbocycles. The fourth-order valence-electron chi connectivity index (χ4n) is 4.99. The fourth-order valence-corrected chi connectivity index (χ4v) is 4.99. The molecule has 1 aliphatic carbocycles. The minimum Gasteiger partial charge on any atom is -0.381 e. The molecule has 0 unspecified atom stereocenters. The van der Waals surface area contributed by atoms with Crippen molar-refractivity contribution >= 4 is 11.9 Å². The van der Waals surface area contributed by atoms with E-state index >= 15 is 0 Å². The highest BCUT2D eigenvalue weighted by Crippen LogP contribution is 2.31. The molecule has 8 heteroatoms. The number of aliphatic imine (C=N–C) groups is 1. The van der Waals surface area contributed by atoms with Gasteiger partial charge in [-0.05, 0) is 58.5 Å². The van der Waals surface area contributed by atoms with E-state index in [0.717, 1.165) is 84.1 Å². The van der Waals surface area contributed by atoms with Gasteiger partial charge in [0.05, 0.1) is 13.1 Å². The molecule has 8 nitrogen and oxygen atoms in total. The Hall–Kier alpha value is -1.38. The second-order valence-electron chi connectivity index (χ2n) is 9.31. The van der Waals surface area contributed by atoms with Crippen molar-refractivity contribution in [2.45, 2.75) is 57.0 Å². The maximum atomic E-state index is 12.1. The maximum Gasteiger partial charge on any atom is 0.234 e. The zero-order chi connectivity index (χ0) is 20.8. The molecule has 3 saturated heterocycles. The molecular weight excluding hydrogens is 380 g/mol. The summed E-state index contributed by atoms with van der Waals surface area (Å²) in [6.45, 7) is 12.2. The van der Waals surface area contributed by atoms with Gasteiger partial charge in [0.2, 0.25) is 5.91 Å². The molecule has 1 amide bonds. The monoisotopic (exact) mass is 420 g/mol. The smallest absolute Gasteiger partial charge is 0.234 e. The van der Waals surface area contributed by atoms with E-state index in [1.54, 1.807) is 0 Å². The van der Waals surface area contributed by atoms with Crippen molar-refractivity contribution in [1.82, 2.24) is 25.3 Å². The van der Waals surface area contributed by atoms with Crippen molar-refractivity contribution in [3.63, 3.8) is 0 Å². The minimum absolute atomic E-state index is 0.165. The Labute approximate surface area is 181 Å². The Balaban J connectivity index is 1.33.